The molecule has 0 spiro atoms. The van der Waals surface area contributed by atoms with Gasteiger partial charge in [-0.05, 0) is 43.4 Å². The van der Waals surface area contributed by atoms with Crippen molar-refractivity contribution in [1.29, 1.82) is 0 Å². The first-order valence-corrected chi connectivity index (χ1v) is 7.99. The van der Waals surface area contributed by atoms with Crippen LogP contribution in [0.25, 0.3) is 0 Å². The Morgan fingerprint density at radius 2 is 1.95 bits per heavy atom. The molecule has 2 saturated carbocycles. The predicted octanol–water partition coefficient (Wildman–Crippen LogP) is 2.80. The van der Waals surface area contributed by atoms with Gasteiger partial charge in [-0.2, -0.15) is 0 Å². The Morgan fingerprint density at radius 1 is 1.32 bits per heavy atom. The Bertz CT molecular complexity index is 304. The fourth-order valence-electron chi connectivity index (χ4n) is 3.67. The van der Waals surface area contributed by atoms with E-state index in [0.717, 1.165) is 12.5 Å². The molecule has 0 aromatic heterocycles. The highest BCUT2D eigenvalue weighted by Crippen LogP contribution is 2.42. The molecule has 0 saturated heterocycles. The maximum Gasteiger partial charge on any atom is 0.236 e. The maximum absolute atomic E-state index is 12.0. The second kappa shape index (κ2) is 6.25. The van der Waals surface area contributed by atoms with Gasteiger partial charge >= 0.3 is 0 Å². The summed E-state index contributed by atoms with van der Waals surface area (Å²) >= 11 is 0. The molecule has 0 aromatic rings. The fraction of sp³-hybridized carbons (Fsp3) is 0.938. The summed E-state index contributed by atoms with van der Waals surface area (Å²) in [6, 6.07) is 0.533. The Labute approximate surface area is 118 Å². The monoisotopic (exact) mass is 266 g/mol. The van der Waals surface area contributed by atoms with Crippen LogP contribution in [0.2, 0.25) is 0 Å². The Morgan fingerprint density at radius 3 is 2.47 bits per heavy atom. The van der Waals surface area contributed by atoms with Crippen LogP contribution < -0.4 is 5.32 Å². The molecule has 2 fully saturated rings. The van der Waals surface area contributed by atoms with E-state index in [-0.39, 0.29) is 5.91 Å². The average Bonchev–Trinajstić information content (AvgIpc) is 3.10. The minimum atomic E-state index is 0.264. The summed E-state index contributed by atoms with van der Waals surface area (Å²) in [5, 5.41) is 3.45. The first-order chi connectivity index (χ1) is 9.02. The molecular weight excluding hydrogens is 236 g/mol. The van der Waals surface area contributed by atoms with Gasteiger partial charge in [0.15, 0.2) is 0 Å². The number of hydrogen-bond acceptors (Lipinski definition) is 2. The van der Waals surface area contributed by atoms with E-state index in [0.29, 0.717) is 18.0 Å². The minimum absolute atomic E-state index is 0.264. The highest BCUT2D eigenvalue weighted by Gasteiger charge is 2.34. The number of nitrogens with zero attached hydrogens (tertiary/aromatic N) is 1. The van der Waals surface area contributed by atoms with Crippen LogP contribution in [0, 0.1) is 11.3 Å². The van der Waals surface area contributed by atoms with Gasteiger partial charge in [0.2, 0.25) is 5.91 Å². The van der Waals surface area contributed by atoms with E-state index < -0.39 is 0 Å². The van der Waals surface area contributed by atoms with E-state index in [4.69, 9.17) is 0 Å². The minimum Gasteiger partial charge on any atom is -0.342 e. The topological polar surface area (TPSA) is 32.3 Å². The second-order valence-electron chi connectivity index (χ2n) is 7.14. The van der Waals surface area contributed by atoms with E-state index in [2.05, 4.69) is 19.2 Å². The summed E-state index contributed by atoms with van der Waals surface area (Å²) < 4.78 is 0. The van der Waals surface area contributed by atoms with E-state index in [9.17, 15) is 4.79 Å². The molecule has 19 heavy (non-hydrogen) atoms. The molecule has 0 radical (unpaired) electrons. The number of likely N-dealkylation sites (N-methyl/N-ethyl adjacent to an activating group) is 1. The molecular formula is C16H30N2O. The summed E-state index contributed by atoms with van der Waals surface area (Å²) in [6.07, 6.45) is 9.09. The average molecular weight is 266 g/mol. The standard InChI is InChI=1S/C16H30N2O/c1-13(2)10-16(8-4-5-9-16)12-17-11-15(19)18(3)14-6-7-14/h13-14,17H,4-12H2,1-3H3. The number of rotatable bonds is 7. The van der Waals surface area contributed by atoms with Crippen LogP contribution in [0.4, 0.5) is 0 Å². The molecule has 2 aliphatic rings. The SMILES string of the molecule is CC(C)CC1(CNCC(=O)N(C)C2CC2)CCCC1. The van der Waals surface area contributed by atoms with E-state index in [1.807, 2.05) is 11.9 Å². The van der Waals surface area contributed by atoms with Crippen molar-refractivity contribution >= 4 is 5.91 Å². The Hall–Kier alpha value is -0.570. The van der Waals surface area contributed by atoms with Crippen LogP contribution >= 0.6 is 0 Å². The van der Waals surface area contributed by atoms with Crippen LogP contribution in [0.15, 0.2) is 0 Å². The predicted molar refractivity (Wildman–Crippen MR) is 79.0 cm³/mol. The number of carbonyl (C=O) groups excluding carboxylic acids is 1. The lowest BCUT2D eigenvalue weighted by molar-refractivity contribution is -0.129. The van der Waals surface area contributed by atoms with Crippen molar-refractivity contribution in [3.63, 3.8) is 0 Å². The largest absolute Gasteiger partial charge is 0.342 e. The van der Waals surface area contributed by atoms with Crippen LogP contribution in [0.1, 0.15) is 58.8 Å². The molecule has 0 heterocycles. The van der Waals surface area contributed by atoms with Crippen molar-refractivity contribution in [2.45, 2.75) is 64.8 Å². The molecule has 0 unspecified atom stereocenters. The number of nitrogens with one attached hydrogen (secondary N) is 1. The van der Waals surface area contributed by atoms with Crippen LogP contribution in [-0.2, 0) is 4.79 Å². The third kappa shape index (κ3) is 4.20. The summed E-state index contributed by atoms with van der Waals surface area (Å²) in [7, 11) is 1.95. The lowest BCUT2D eigenvalue weighted by Crippen LogP contribution is -2.41. The van der Waals surface area contributed by atoms with Crippen LogP contribution in [0.3, 0.4) is 0 Å². The van der Waals surface area contributed by atoms with Crippen molar-refractivity contribution in [2.75, 3.05) is 20.1 Å². The van der Waals surface area contributed by atoms with Crippen molar-refractivity contribution < 1.29 is 4.79 Å². The lowest BCUT2D eigenvalue weighted by Gasteiger charge is -2.31. The third-order valence-corrected chi connectivity index (χ3v) is 4.77. The summed E-state index contributed by atoms with van der Waals surface area (Å²) in [6.45, 7) is 6.17. The quantitative estimate of drug-likeness (QED) is 0.768. The second-order valence-corrected chi connectivity index (χ2v) is 7.14. The van der Waals surface area contributed by atoms with Crippen LogP contribution in [0.5, 0.6) is 0 Å². The van der Waals surface area contributed by atoms with Crippen molar-refractivity contribution in [3.8, 4) is 0 Å². The molecule has 110 valence electrons. The molecule has 0 aromatic carbocycles. The summed E-state index contributed by atoms with van der Waals surface area (Å²) in [4.78, 5) is 13.9. The van der Waals surface area contributed by atoms with Crippen molar-refractivity contribution in [3.05, 3.63) is 0 Å². The van der Waals surface area contributed by atoms with E-state index >= 15 is 0 Å². The summed E-state index contributed by atoms with van der Waals surface area (Å²) in [5.74, 6) is 1.02. The number of hydrogen-bond donors (Lipinski definition) is 1. The van der Waals surface area contributed by atoms with Gasteiger partial charge in [0, 0.05) is 19.6 Å². The Balaban J connectivity index is 1.74. The smallest absolute Gasteiger partial charge is 0.236 e. The number of carbonyl (C=O) groups is 1. The highest BCUT2D eigenvalue weighted by molar-refractivity contribution is 5.78. The molecule has 3 heteroatoms. The van der Waals surface area contributed by atoms with Gasteiger partial charge in [-0.25, -0.2) is 0 Å². The van der Waals surface area contributed by atoms with Crippen molar-refractivity contribution in [2.24, 2.45) is 11.3 Å². The zero-order valence-electron chi connectivity index (χ0n) is 12.9. The molecule has 0 bridgehead atoms. The number of amides is 1. The van der Waals surface area contributed by atoms with Gasteiger partial charge < -0.3 is 10.2 Å². The molecule has 0 atom stereocenters. The zero-order valence-corrected chi connectivity index (χ0v) is 12.9. The third-order valence-electron chi connectivity index (χ3n) is 4.77. The summed E-state index contributed by atoms with van der Waals surface area (Å²) in [5.41, 5.74) is 0.465. The van der Waals surface area contributed by atoms with Crippen molar-refractivity contribution in [1.82, 2.24) is 10.2 Å². The molecule has 2 aliphatic carbocycles. The van der Waals surface area contributed by atoms with Gasteiger partial charge in [-0.1, -0.05) is 26.7 Å². The van der Waals surface area contributed by atoms with Gasteiger partial charge in [-0.3, -0.25) is 4.79 Å². The molecule has 2 rings (SSSR count). The molecule has 1 amide bonds. The van der Waals surface area contributed by atoms with Gasteiger partial charge in [0.1, 0.15) is 0 Å². The van der Waals surface area contributed by atoms with E-state index in [1.54, 1.807) is 0 Å². The van der Waals surface area contributed by atoms with Gasteiger partial charge in [0.25, 0.3) is 0 Å². The molecule has 3 nitrogen and oxygen atoms in total. The van der Waals surface area contributed by atoms with Gasteiger partial charge in [0.05, 0.1) is 6.54 Å². The first-order valence-electron chi connectivity index (χ1n) is 7.99. The van der Waals surface area contributed by atoms with Crippen LogP contribution in [-0.4, -0.2) is 37.0 Å². The zero-order chi connectivity index (χ0) is 13.9. The first kappa shape index (κ1) is 14.8. The fourth-order valence-corrected chi connectivity index (χ4v) is 3.67. The molecule has 0 aliphatic heterocycles. The Kier molecular flexibility index (Phi) is 4.88. The van der Waals surface area contributed by atoms with Gasteiger partial charge in [-0.15, -0.1) is 0 Å². The normalized spacial score (nSPS) is 21.9. The maximum atomic E-state index is 12.0. The lowest BCUT2D eigenvalue weighted by atomic mass is 9.78. The van der Waals surface area contributed by atoms with E-state index in [1.165, 1.54) is 44.9 Å². The molecule has 1 N–H and O–H groups in total. The highest BCUT2D eigenvalue weighted by atomic mass is 16.2.